The van der Waals surface area contributed by atoms with Gasteiger partial charge in [0, 0.05) is 15.8 Å². The summed E-state index contributed by atoms with van der Waals surface area (Å²) in [5.41, 5.74) is 2.99. The number of aromatic carboxylic acids is 1. The summed E-state index contributed by atoms with van der Waals surface area (Å²) in [6.07, 6.45) is 1.22. The van der Waals surface area contributed by atoms with Crippen molar-refractivity contribution in [3.05, 3.63) is 40.0 Å². The molecule has 1 unspecified atom stereocenters. The van der Waals surface area contributed by atoms with Crippen molar-refractivity contribution < 1.29 is 9.90 Å². The zero-order valence-electron chi connectivity index (χ0n) is 10.6. The zero-order chi connectivity index (χ0) is 14.1. The molecule has 0 radical (unpaired) electrons. The molecular weight excluding hydrogens is 340 g/mol. The van der Waals surface area contributed by atoms with Crippen molar-refractivity contribution in [1.82, 2.24) is 10.2 Å². The van der Waals surface area contributed by atoms with Crippen molar-refractivity contribution in [3.63, 3.8) is 0 Å². The maximum atomic E-state index is 10.9. The summed E-state index contributed by atoms with van der Waals surface area (Å²) in [6.45, 7) is 0. The lowest BCUT2D eigenvalue weighted by Crippen LogP contribution is -1.97. The number of nitrogens with one attached hydrogen (secondary N) is 1. The summed E-state index contributed by atoms with van der Waals surface area (Å²) in [6, 6.07) is 7.69. The Balaban J connectivity index is 1.90. The van der Waals surface area contributed by atoms with Gasteiger partial charge in [-0.05, 0) is 35.8 Å². The van der Waals surface area contributed by atoms with Crippen LogP contribution >= 0.6 is 27.7 Å². The molecule has 104 valence electrons. The molecule has 1 atom stereocenters. The number of carbonyl (C=O) groups is 1. The van der Waals surface area contributed by atoms with Crippen LogP contribution in [0.3, 0.4) is 0 Å². The molecule has 0 bridgehead atoms. The molecule has 1 aromatic carbocycles. The number of rotatable bonds is 3. The van der Waals surface area contributed by atoms with Crippen molar-refractivity contribution in [1.29, 1.82) is 0 Å². The van der Waals surface area contributed by atoms with E-state index >= 15 is 0 Å². The molecule has 0 spiro atoms. The van der Waals surface area contributed by atoms with Crippen molar-refractivity contribution in [2.75, 3.05) is 11.5 Å². The van der Waals surface area contributed by atoms with Gasteiger partial charge in [0.25, 0.3) is 0 Å². The van der Waals surface area contributed by atoms with Gasteiger partial charge in [-0.15, -0.1) is 0 Å². The molecule has 0 amide bonds. The lowest BCUT2D eigenvalue weighted by molar-refractivity contribution is 0.0690. The highest BCUT2D eigenvalue weighted by Gasteiger charge is 2.20. The number of benzene rings is 1. The van der Waals surface area contributed by atoms with Crippen LogP contribution in [0, 0.1) is 0 Å². The van der Waals surface area contributed by atoms with E-state index < -0.39 is 5.97 Å². The minimum absolute atomic E-state index is 0.104. The number of thioether (sulfide) groups is 1. The minimum atomic E-state index is -0.998. The van der Waals surface area contributed by atoms with Gasteiger partial charge in [-0.25, -0.2) is 4.79 Å². The number of hydrogen-bond donors (Lipinski definition) is 2. The highest BCUT2D eigenvalue weighted by atomic mass is 79.9. The Kier molecular flexibility index (Phi) is 3.85. The molecule has 2 heterocycles. The fraction of sp³-hybridized carbons (Fsp3) is 0.286. The Bertz CT molecular complexity index is 650. The van der Waals surface area contributed by atoms with Gasteiger partial charge in [-0.1, -0.05) is 28.1 Å². The molecule has 1 aliphatic heterocycles. The van der Waals surface area contributed by atoms with Crippen LogP contribution in [0.15, 0.2) is 28.7 Å². The van der Waals surface area contributed by atoms with E-state index in [2.05, 4.69) is 32.2 Å². The van der Waals surface area contributed by atoms with Crippen LogP contribution in [0.25, 0.3) is 11.3 Å². The van der Waals surface area contributed by atoms with Crippen LogP contribution in [0.4, 0.5) is 0 Å². The van der Waals surface area contributed by atoms with E-state index in [1.54, 1.807) is 6.07 Å². The fourth-order valence-electron chi connectivity index (χ4n) is 2.38. The monoisotopic (exact) mass is 352 g/mol. The standard InChI is InChI=1S/C14H13BrN2O2S/c15-11-5-8(12-6-13(14(18)19)17-16-12)1-2-10(11)9-3-4-20-7-9/h1-2,5-6,9H,3-4,7H2,(H,16,17)(H,18,19). The van der Waals surface area contributed by atoms with Gasteiger partial charge in [-0.3, -0.25) is 5.10 Å². The molecule has 4 nitrogen and oxygen atoms in total. The number of aromatic amines is 1. The summed E-state index contributed by atoms with van der Waals surface area (Å²) in [7, 11) is 0. The molecule has 2 N–H and O–H groups in total. The topological polar surface area (TPSA) is 66.0 Å². The molecule has 20 heavy (non-hydrogen) atoms. The van der Waals surface area contributed by atoms with E-state index in [-0.39, 0.29) is 5.69 Å². The number of aromatic nitrogens is 2. The Labute approximate surface area is 129 Å². The first-order valence-electron chi connectivity index (χ1n) is 6.31. The molecule has 1 saturated heterocycles. The Morgan fingerprint density at radius 2 is 2.30 bits per heavy atom. The van der Waals surface area contributed by atoms with E-state index in [9.17, 15) is 4.79 Å². The first-order valence-corrected chi connectivity index (χ1v) is 8.26. The highest BCUT2D eigenvalue weighted by molar-refractivity contribution is 9.10. The normalized spacial score (nSPS) is 18.4. The van der Waals surface area contributed by atoms with Crippen LogP contribution in [-0.2, 0) is 0 Å². The van der Waals surface area contributed by atoms with E-state index in [0.717, 1.165) is 10.0 Å². The summed E-state index contributed by atoms with van der Waals surface area (Å²) >= 11 is 5.62. The number of hydrogen-bond acceptors (Lipinski definition) is 3. The van der Waals surface area contributed by atoms with Crippen LogP contribution in [-0.4, -0.2) is 32.8 Å². The molecule has 1 aliphatic rings. The molecular formula is C14H13BrN2O2S. The van der Waals surface area contributed by atoms with Gasteiger partial charge in [0.1, 0.15) is 5.69 Å². The number of halogens is 1. The average Bonchev–Trinajstić information content (AvgIpc) is 3.10. The Morgan fingerprint density at radius 1 is 1.45 bits per heavy atom. The predicted octanol–water partition coefficient (Wildman–Crippen LogP) is 3.76. The van der Waals surface area contributed by atoms with E-state index in [1.807, 2.05) is 23.9 Å². The maximum Gasteiger partial charge on any atom is 0.353 e. The third-order valence-corrected chi connectivity index (χ3v) is 5.32. The van der Waals surface area contributed by atoms with E-state index in [1.165, 1.54) is 23.5 Å². The molecule has 0 aliphatic carbocycles. The van der Waals surface area contributed by atoms with Gasteiger partial charge in [0.15, 0.2) is 0 Å². The van der Waals surface area contributed by atoms with Crippen LogP contribution in [0.5, 0.6) is 0 Å². The molecule has 6 heteroatoms. The second-order valence-electron chi connectivity index (χ2n) is 4.77. The third kappa shape index (κ3) is 2.62. The van der Waals surface area contributed by atoms with Crippen LogP contribution in [0.2, 0.25) is 0 Å². The van der Waals surface area contributed by atoms with E-state index in [4.69, 9.17) is 5.11 Å². The van der Waals surface area contributed by atoms with E-state index in [0.29, 0.717) is 11.6 Å². The smallest absolute Gasteiger partial charge is 0.353 e. The summed E-state index contributed by atoms with van der Waals surface area (Å²) in [5.74, 6) is 2.00. The summed E-state index contributed by atoms with van der Waals surface area (Å²) < 4.78 is 1.07. The van der Waals surface area contributed by atoms with Crippen LogP contribution < -0.4 is 0 Å². The van der Waals surface area contributed by atoms with Gasteiger partial charge in [0.05, 0.1) is 5.69 Å². The first kappa shape index (κ1) is 13.7. The van der Waals surface area contributed by atoms with Crippen molar-refractivity contribution in [3.8, 4) is 11.3 Å². The SMILES string of the molecule is O=C(O)c1cc(-c2ccc(C3CCSC3)c(Br)c2)n[nH]1. The van der Waals surface area contributed by atoms with Crippen molar-refractivity contribution in [2.24, 2.45) is 0 Å². The predicted molar refractivity (Wildman–Crippen MR) is 83.4 cm³/mol. The molecule has 3 rings (SSSR count). The lowest BCUT2D eigenvalue weighted by Gasteiger charge is -2.12. The molecule has 0 saturated carbocycles. The van der Waals surface area contributed by atoms with Crippen molar-refractivity contribution >= 4 is 33.7 Å². The number of nitrogens with zero attached hydrogens (tertiary/aromatic N) is 1. The minimum Gasteiger partial charge on any atom is -0.477 e. The number of H-pyrrole nitrogens is 1. The molecule has 1 fully saturated rings. The van der Waals surface area contributed by atoms with Gasteiger partial charge in [-0.2, -0.15) is 16.9 Å². The fourth-order valence-corrected chi connectivity index (χ4v) is 4.33. The highest BCUT2D eigenvalue weighted by Crippen LogP contribution is 2.37. The average molecular weight is 353 g/mol. The Hall–Kier alpha value is -1.27. The number of carboxylic acids is 1. The quantitative estimate of drug-likeness (QED) is 0.882. The van der Waals surface area contributed by atoms with Gasteiger partial charge in [0.2, 0.25) is 0 Å². The second-order valence-corrected chi connectivity index (χ2v) is 6.77. The first-order chi connectivity index (χ1) is 9.65. The summed E-state index contributed by atoms with van der Waals surface area (Å²) in [5, 5.41) is 15.5. The van der Waals surface area contributed by atoms with Gasteiger partial charge < -0.3 is 5.11 Å². The number of carboxylic acid groups (broad SMARTS) is 1. The summed E-state index contributed by atoms with van der Waals surface area (Å²) in [4.78, 5) is 10.9. The van der Waals surface area contributed by atoms with Crippen molar-refractivity contribution in [2.45, 2.75) is 12.3 Å². The molecule has 1 aromatic heterocycles. The Morgan fingerprint density at radius 3 is 2.90 bits per heavy atom. The van der Waals surface area contributed by atoms with Gasteiger partial charge >= 0.3 is 5.97 Å². The van der Waals surface area contributed by atoms with Crippen LogP contribution in [0.1, 0.15) is 28.4 Å². The maximum absolute atomic E-state index is 10.9. The third-order valence-electron chi connectivity index (χ3n) is 3.47. The second kappa shape index (κ2) is 5.61. The largest absolute Gasteiger partial charge is 0.477 e. The lowest BCUT2D eigenvalue weighted by atomic mass is 9.97. The zero-order valence-corrected chi connectivity index (χ0v) is 13.0. The molecule has 2 aromatic rings.